The van der Waals surface area contributed by atoms with Crippen LogP contribution in [0.4, 0.5) is 4.39 Å². The normalized spacial score (nSPS) is 20.7. The van der Waals surface area contributed by atoms with Crippen LogP contribution in [-0.4, -0.2) is 39.4 Å². The zero-order valence-electron chi connectivity index (χ0n) is 17.4. The summed E-state index contributed by atoms with van der Waals surface area (Å²) in [6, 6.07) is 6.96. The second-order valence-corrected chi connectivity index (χ2v) is 8.46. The average Bonchev–Trinajstić information content (AvgIpc) is 3.19. The molecule has 0 bridgehead atoms. The van der Waals surface area contributed by atoms with E-state index in [1.165, 1.54) is 6.07 Å². The molecule has 7 nitrogen and oxygen atoms in total. The quantitative estimate of drug-likeness (QED) is 0.661. The maximum atomic E-state index is 14.2. The molecule has 1 atom stereocenters. The fraction of sp³-hybridized carbons (Fsp3) is 0.364. The van der Waals surface area contributed by atoms with Gasteiger partial charge in [-0.2, -0.15) is 4.57 Å². The number of hydrogen-bond donors (Lipinski definition) is 1. The summed E-state index contributed by atoms with van der Waals surface area (Å²) < 4.78 is 17.6. The maximum absolute atomic E-state index is 14.2. The Hall–Kier alpha value is -3.29. The molecule has 154 valence electrons. The van der Waals surface area contributed by atoms with Gasteiger partial charge in [-0.3, -0.25) is 14.5 Å². The van der Waals surface area contributed by atoms with Crippen molar-refractivity contribution in [2.75, 3.05) is 13.1 Å². The van der Waals surface area contributed by atoms with Crippen molar-refractivity contribution in [1.82, 2.24) is 19.8 Å². The van der Waals surface area contributed by atoms with Crippen LogP contribution in [0.1, 0.15) is 48.3 Å². The average molecular weight is 408 g/mol. The monoisotopic (exact) mass is 408 g/mol. The number of amides is 2. The Balaban J connectivity index is 1.80. The number of benzene rings is 1. The number of halogens is 1. The summed E-state index contributed by atoms with van der Waals surface area (Å²) in [5.74, 6) is -0.591. The summed E-state index contributed by atoms with van der Waals surface area (Å²) >= 11 is 0. The van der Waals surface area contributed by atoms with Crippen LogP contribution in [0.15, 0.2) is 30.5 Å². The molecule has 4 heterocycles. The van der Waals surface area contributed by atoms with Crippen molar-refractivity contribution < 1.29 is 18.5 Å². The van der Waals surface area contributed by atoms with E-state index in [1.54, 1.807) is 40.1 Å². The molecule has 0 spiro atoms. The Morgan fingerprint density at radius 3 is 2.73 bits per heavy atom. The third kappa shape index (κ3) is 2.30. The minimum Gasteiger partial charge on any atom is -0.349 e. The molecule has 2 aliphatic heterocycles. The summed E-state index contributed by atoms with van der Waals surface area (Å²) in [6.07, 6.45) is 1.68. The van der Waals surface area contributed by atoms with Crippen LogP contribution in [0.25, 0.3) is 16.9 Å². The maximum Gasteiger partial charge on any atom is 0.313 e. The second-order valence-electron chi connectivity index (χ2n) is 8.46. The largest absolute Gasteiger partial charge is 0.349 e. The van der Waals surface area contributed by atoms with Gasteiger partial charge in [0, 0.05) is 31.1 Å². The summed E-state index contributed by atoms with van der Waals surface area (Å²) in [7, 11) is 0. The van der Waals surface area contributed by atoms with Gasteiger partial charge in [0.1, 0.15) is 11.5 Å². The lowest BCUT2D eigenvalue weighted by atomic mass is 10.0. The lowest BCUT2D eigenvalue weighted by Gasteiger charge is -2.35. The van der Waals surface area contributed by atoms with Crippen LogP contribution in [0.5, 0.6) is 0 Å². The molecule has 5 rings (SSSR count). The molecule has 8 heteroatoms. The Bertz CT molecular complexity index is 1250. The van der Waals surface area contributed by atoms with Crippen molar-refractivity contribution in [2.45, 2.75) is 39.3 Å². The number of nitrogens with zero attached hydrogens (tertiary/aromatic N) is 4. The molecule has 1 N–H and O–H groups in total. The van der Waals surface area contributed by atoms with Crippen molar-refractivity contribution in [2.24, 2.45) is 0 Å². The molecule has 2 amide bonds. The van der Waals surface area contributed by atoms with Crippen LogP contribution in [-0.2, 0) is 10.5 Å². The molecule has 2 aliphatic rings. The number of fused-ring (bicyclic) bond motifs is 5. The second kappa shape index (κ2) is 6.10. The van der Waals surface area contributed by atoms with Crippen LogP contribution >= 0.6 is 0 Å². The van der Waals surface area contributed by atoms with Gasteiger partial charge in [-0.15, -0.1) is 0 Å². The van der Waals surface area contributed by atoms with Gasteiger partial charge in [-0.1, -0.05) is 35.6 Å². The van der Waals surface area contributed by atoms with E-state index in [4.69, 9.17) is 0 Å². The van der Waals surface area contributed by atoms with Crippen molar-refractivity contribution in [3.05, 3.63) is 53.1 Å². The Morgan fingerprint density at radius 2 is 2.03 bits per heavy atom. The summed E-state index contributed by atoms with van der Waals surface area (Å²) in [4.78, 5) is 27.6. The van der Waals surface area contributed by atoms with Gasteiger partial charge in [-0.05, 0) is 30.5 Å². The minimum atomic E-state index is -1.14. The van der Waals surface area contributed by atoms with E-state index in [-0.39, 0.29) is 23.5 Å². The first kappa shape index (κ1) is 18.7. The number of imidazole rings is 1. The number of hydrogen-bond acceptors (Lipinski definition) is 3. The highest BCUT2D eigenvalue weighted by Gasteiger charge is 2.60. The molecule has 1 aromatic carbocycles. The Kier molecular flexibility index (Phi) is 3.81. The van der Waals surface area contributed by atoms with E-state index >= 15 is 0 Å². The molecule has 1 unspecified atom stereocenters. The highest BCUT2D eigenvalue weighted by Crippen LogP contribution is 2.33. The molecular weight excluding hydrogens is 385 g/mol. The SMILES string of the molecule is Cc1ccc(-c2cc(C(C)C)c3n(cc4[n+]3C3(C)C(=O)NCCN3C4=O)n2)cc1F. The predicted molar refractivity (Wildman–Crippen MR) is 107 cm³/mol. The van der Waals surface area contributed by atoms with Crippen molar-refractivity contribution in [1.29, 1.82) is 0 Å². The molecule has 3 aromatic rings. The Morgan fingerprint density at radius 1 is 1.27 bits per heavy atom. The van der Waals surface area contributed by atoms with Crippen LogP contribution in [0.3, 0.4) is 0 Å². The van der Waals surface area contributed by atoms with Crippen molar-refractivity contribution in [3.8, 4) is 11.3 Å². The first-order valence-electron chi connectivity index (χ1n) is 10.1. The molecule has 0 aliphatic carbocycles. The van der Waals surface area contributed by atoms with Crippen LogP contribution in [0.2, 0.25) is 0 Å². The minimum absolute atomic E-state index is 0.0930. The van der Waals surface area contributed by atoms with Gasteiger partial charge >= 0.3 is 11.6 Å². The molecule has 0 saturated carbocycles. The van der Waals surface area contributed by atoms with E-state index in [0.717, 1.165) is 5.56 Å². The number of aryl methyl sites for hydroxylation is 1. The summed E-state index contributed by atoms with van der Waals surface area (Å²) in [5.41, 5.74) is 2.77. The number of rotatable bonds is 2. The Labute approximate surface area is 173 Å². The number of carbonyl (C=O) groups excluding carboxylic acids is 2. The lowest BCUT2D eigenvalue weighted by Crippen LogP contribution is -2.71. The first-order valence-corrected chi connectivity index (χ1v) is 10.1. The number of nitrogens with one attached hydrogen (secondary N) is 1. The van der Waals surface area contributed by atoms with E-state index in [9.17, 15) is 14.0 Å². The molecule has 2 aromatic heterocycles. The van der Waals surface area contributed by atoms with Gasteiger partial charge < -0.3 is 5.32 Å². The zero-order valence-corrected chi connectivity index (χ0v) is 17.4. The standard InChI is InChI=1S/C22H22FN5O2/c1-12(2)15-10-17(14-6-5-13(3)16(23)9-14)25-27-11-18-20(29)26-8-7-24-21(30)22(26,4)28(18)19(15)27/h5-6,9-12H,7-8H2,1-4H3/p+1. The van der Waals surface area contributed by atoms with Gasteiger partial charge in [0.05, 0.1) is 0 Å². The number of carbonyl (C=O) groups is 2. The predicted octanol–water partition coefficient (Wildman–Crippen LogP) is 2.12. The van der Waals surface area contributed by atoms with E-state index in [2.05, 4.69) is 10.4 Å². The van der Waals surface area contributed by atoms with E-state index < -0.39 is 5.66 Å². The summed E-state index contributed by atoms with van der Waals surface area (Å²) in [5, 5.41) is 7.56. The molecular formula is C22H23FN5O2+. The highest BCUT2D eigenvalue weighted by atomic mass is 19.1. The zero-order chi connectivity index (χ0) is 21.4. The van der Waals surface area contributed by atoms with Gasteiger partial charge in [0.25, 0.3) is 11.6 Å². The van der Waals surface area contributed by atoms with Gasteiger partial charge in [-0.25, -0.2) is 4.39 Å². The summed E-state index contributed by atoms with van der Waals surface area (Å²) in [6.45, 7) is 8.48. The van der Waals surface area contributed by atoms with Crippen LogP contribution in [0, 0.1) is 12.7 Å². The van der Waals surface area contributed by atoms with Crippen LogP contribution < -0.4 is 9.88 Å². The fourth-order valence-electron chi connectivity index (χ4n) is 4.50. The lowest BCUT2D eigenvalue weighted by molar-refractivity contribution is -0.732. The number of aromatic nitrogens is 3. The van der Waals surface area contributed by atoms with Crippen molar-refractivity contribution in [3.63, 3.8) is 0 Å². The van der Waals surface area contributed by atoms with Gasteiger partial charge in [0.2, 0.25) is 5.69 Å². The number of piperazine rings is 1. The third-order valence-corrected chi connectivity index (χ3v) is 6.25. The fourth-order valence-corrected chi connectivity index (χ4v) is 4.50. The van der Waals surface area contributed by atoms with Crippen molar-refractivity contribution >= 4 is 17.5 Å². The third-order valence-electron chi connectivity index (χ3n) is 6.25. The molecule has 30 heavy (non-hydrogen) atoms. The molecule has 0 radical (unpaired) electrons. The topological polar surface area (TPSA) is 70.6 Å². The smallest absolute Gasteiger partial charge is 0.313 e. The molecule has 1 fully saturated rings. The molecule has 1 saturated heterocycles. The first-order chi connectivity index (χ1) is 14.2. The highest BCUT2D eigenvalue weighted by molar-refractivity contribution is 5.98. The van der Waals surface area contributed by atoms with Gasteiger partial charge in [0.15, 0.2) is 6.20 Å². The van der Waals surface area contributed by atoms with E-state index in [1.807, 2.05) is 26.0 Å². The van der Waals surface area contributed by atoms with E-state index in [0.29, 0.717) is 41.3 Å².